The van der Waals surface area contributed by atoms with E-state index in [0.29, 0.717) is 28.2 Å². The predicted octanol–water partition coefficient (Wildman–Crippen LogP) is 3.85. The lowest BCUT2D eigenvalue weighted by Gasteiger charge is -2.10. The van der Waals surface area contributed by atoms with Crippen LogP contribution in [-0.2, 0) is 13.1 Å². The van der Waals surface area contributed by atoms with Gasteiger partial charge in [0.05, 0.1) is 11.8 Å². The second-order valence-electron chi connectivity index (χ2n) is 6.79. The van der Waals surface area contributed by atoms with E-state index in [2.05, 4.69) is 49.6 Å². The molecule has 0 unspecified atom stereocenters. The van der Waals surface area contributed by atoms with Gasteiger partial charge >= 0.3 is 0 Å². The Kier molecular flexibility index (Phi) is 3.61. The van der Waals surface area contributed by atoms with Crippen molar-refractivity contribution in [3.63, 3.8) is 0 Å². The Morgan fingerprint density at radius 3 is 2.81 bits per heavy atom. The maximum atomic E-state index is 14.2. The van der Waals surface area contributed by atoms with Crippen LogP contribution in [0.15, 0.2) is 48.7 Å². The number of nitrogens with zero attached hydrogens (tertiary/aromatic N) is 4. The summed E-state index contributed by atoms with van der Waals surface area (Å²) in [6, 6.07) is 12.8. The molecule has 3 heterocycles. The topological polar surface area (TPSA) is 69.7 Å². The fourth-order valence-electron chi connectivity index (χ4n) is 3.47. The van der Waals surface area contributed by atoms with E-state index in [-0.39, 0.29) is 5.82 Å². The van der Waals surface area contributed by atoms with Crippen molar-refractivity contribution in [1.82, 2.24) is 25.1 Å². The Labute approximate surface area is 155 Å². The number of aromatic nitrogens is 4. The third kappa shape index (κ3) is 2.82. The Hall–Kier alpha value is -3.32. The van der Waals surface area contributed by atoms with Gasteiger partial charge in [-0.3, -0.25) is 10.00 Å². The van der Waals surface area contributed by atoms with Gasteiger partial charge in [-0.1, -0.05) is 18.2 Å². The Morgan fingerprint density at radius 1 is 1.07 bits per heavy atom. The highest BCUT2D eigenvalue weighted by Gasteiger charge is 2.17. The largest absolute Gasteiger partial charge is 0.338 e. The maximum absolute atomic E-state index is 14.2. The number of hydrogen-bond donors (Lipinski definition) is 2. The highest BCUT2D eigenvalue weighted by atomic mass is 19.1. The van der Waals surface area contributed by atoms with Crippen molar-refractivity contribution in [2.24, 2.45) is 0 Å². The molecule has 2 aromatic carbocycles. The third-order valence-electron chi connectivity index (χ3n) is 4.76. The number of rotatable bonds is 3. The van der Waals surface area contributed by atoms with Crippen molar-refractivity contribution in [2.75, 3.05) is 12.4 Å². The molecule has 4 aromatic rings. The molecular formula is C20H17FN6. The van der Waals surface area contributed by atoms with Gasteiger partial charge in [0.25, 0.3) is 0 Å². The molecule has 6 nitrogen and oxygen atoms in total. The summed E-state index contributed by atoms with van der Waals surface area (Å²) in [7, 11) is 2.10. The van der Waals surface area contributed by atoms with Crippen molar-refractivity contribution >= 4 is 22.5 Å². The van der Waals surface area contributed by atoms with Crippen LogP contribution in [-0.4, -0.2) is 32.1 Å². The van der Waals surface area contributed by atoms with Crippen molar-refractivity contribution in [3.05, 3.63) is 65.6 Å². The first kappa shape index (κ1) is 15.9. The molecule has 7 heteroatoms. The molecule has 0 saturated carbocycles. The van der Waals surface area contributed by atoms with Gasteiger partial charge in [0.2, 0.25) is 0 Å². The van der Waals surface area contributed by atoms with E-state index >= 15 is 0 Å². The highest BCUT2D eigenvalue weighted by Crippen LogP contribution is 2.29. The van der Waals surface area contributed by atoms with Gasteiger partial charge in [0.15, 0.2) is 11.6 Å². The van der Waals surface area contributed by atoms with Crippen molar-refractivity contribution in [2.45, 2.75) is 13.1 Å². The standard InChI is InChI=1S/C20H17FN6/c1-27-10-12-6-7-14(8-13(12)11-27)23-20-18-17(9-22-26-18)24-19(25-20)15-4-2-3-5-16(15)21/h2-9H,10-11H2,1H3,(H,22,26)(H,23,24,25). The molecule has 1 aliphatic rings. The first-order chi connectivity index (χ1) is 13.2. The van der Waals surface area contributed by atoms with Gasteiger partial charge in [-0.25, -0.2) is 14.4 Å². The molecule has 0 radical (unpaired) electrons. The molecule has 0 fully saturated rings. The van der Waals surface area contributed by atoms with Gasteiger partial charge in [-0.15, -0.1) is 0 Å². The summed E-state index contributed by atoms with van der Waals surface area (Å²) in [5.74, 6) is 0.541. The Morgan fingerprint density at radius 2 is 1.93 bits per heavy atom. The second-order valence-corrected chi connectivity index (χ2v) is 6.79. The number of benzene rings is 2. The van der Waals surface area contributed by atoms with E-state index in [9.17, 15) is 4.39 Å². The number of aromatic amines is 1. The zero-order valence-corrected chi connectivity index (χ0v) is 14.7. The molecule has 0 saturated heterocycles. The number of fused-ring (bicyclic) bond motifs is 2. The number of anilines is 2. The summed E-state index contributed by atoms with van der Waals surface area (Å²) < 4.78 is 14.2. The molecule has 27 heavy (non-hydrogen) atoms. The molecule has 0 amide bonds. The number of hydrogen-bond acceptors (Lipinski definition) is 5. The third-order valence-corrected chi connectivity index (χ3v) is 4.76. The van der Waals surface area contributed by atoms with Gasteiger partial charge in [-0.2, -0.15) is 5.10 Å². The van der Waals surface area contributed by atoms with Crippen LogP contribution < -0.4 is 5.32 Å². The molecule has 5 rings (SSSR count). The number of halogens is 1. The molecule has 134 valence electrons. The fourth-order valence-corrected chi connectivity index (χ4v) is 3.47. The van der Waals surface area contributed by atoms with Gasteiger partial charge in [0.1, 0.15) is 16.9 Å². The summed E-state index contributed by atoms with van der Waals surface area (Å²) >= 11 is 0. The SMILES string of the molecule is CN1Cc2ccc(Nc3nc(-c4ccccc4F)nc4cn[nH]c34)cc2C1. The van der Waals surface area contributed by atoms with Gasteiger partial charge in [-0.05, 0) is 42.4 Å². The van der Waals surface area contributed by atoms with E-state index < -0.39 is 0 Å². The molecule has 2 N–H and O–H groups in total. The number of H-pyrrole nitrogens is 1. The maximum Gasteiger partial charge on any atom is 0.165 e. The average Bonchev–Trinajstić information content (AvgIpc) is 3.27. The summed E-state index contributed by atoms with van der Waals surface area (Å²) in [5.41, 5.74) is 5.24. The normalized spacial score (nSPS) is 13.9. The number of nitrogens with one attached hydrogen (secondary N) is 2. The lowest BCUT2D eigenvalue weighted by molar-refractivity contribution is 0.353. The van der Waals surface area contributed by atoms with E-state index in [4.69, 9.17) is 0 Å². The second kappa shape index (κ2) is 6.14. The molecule has 0 atom stereocenters. The lowest BCUT2D eigenvalue weighted by atomic mass is 10.1. The van der Waals surface area contributed by atoms with E-state index in [1.807, 2.05) is 6.07 Å². The molecule has 0 spiro atoms. The average molecular weight is 360 g/mol. The molecular weight excluding hydrogens is 343 g/mol. The van der Waals surface area contributed by atoms with Crippen molar-refractivity contribution in [1.29, 1.82) is 0 Å². The summed E-state index contributed by atoms with van der Waals surface area (Å²) in [6.45, 7) is 1.89. The molecule has 1 aliphatic heterocycles. The molecule has 0 bridgehead atoms. The molecule has 2 aromatic heterocycles. The van der Waals surface area contributed by atoms with Crippen LogP contribution in [0.4, 0.5) is 15.9 Å². The smallest absolute Gasteiger partial charge is 0.165 e. The van der Waals surface area contributed by atoms with Crippen LogP contribution in [0.3, 0.4) is 0 Å². The van der Waals surface area contributed by atoms with Crippen molar-refractivity contribution in [3.8, 4) is 11.4 Å². The minimum absolute atomic E-state index is 0.324. The zero-order chi connectivity index (χ0) is 18.4. The van der Waals surface area contributed by atoms with Crippen molar-refractivity contribution < 1.29 is 4.39 Å². The quantitative estimate of drug-likeness (QED) is 0.581. The summed E-state index contributed by atoms with van der Waals surface area (Å²) in [6.07, 6.45) is 1.62. The monoisotopic (exact) mass is 360 g/mol. The minimum Gasteiger partial charge on any atom is -0.338 e. The van der Waals surface area contributed by atoms with Crippen LogP contribution in [0.2, 0.25) is 0 Å². The summed E-state index contributed by atoms with van der Waals surface area (Å²) in [5, 5.41) is 10.3. The van der Waals surface area contributed by atoms with Crippen LogP contribution in [0.1, 0.15) is 11.1 Å². The van der Waals surface area contributed by atoms with Crippen LogP contribution in [0.25, 0.3) is 22.4 Å². The molecule has 0 aliphatic carbocycles. The van der Waals surface area contributed by atoms with E-state index in [1.165, 1.54) is 17.2 Å². The zero-order valence-electron chi connectivity index (χ0n) is 14.7. The lowest BCUT2D eigenvalue weighted by Crippen LogP contribution is -2.07. The van der Waals surface area contributed by atoms with E-state index in [0.717, 1.165) is 18.8 Å². The first-order valence-electron chi connectivity index (χ1n) is 8.71. The van der Waals surface area contributed by atoms with Crippen LogP contribution in [0.5, 0.6) is 0 Å². The Balaban J connectivity index is 1.58. The fraction of sp³-hybridized carbons (Fsp3) is 0.150. The Bertz CT molecular complexity index is 1150. The predicted molar refractivity (Wildman–Crippen MR) is 102 cm³/mol. The summed E-state index contributed by atoms with van der Waals surface area (Å²) in [4.78, 5) is 11.3. The minimum atomic E-state index is -0.355. The van der Waals surface area contributed by atoms with Gasteiger partial charge in [0, 0.05) is 18.8 Å². The van der Waals surface area contributed by atoms with Crippen LogP contribution in [0, 0.1) is 5.82 Å². The van der Waals surface area contributed by atoms with E-state index in [1.54, 1.807) is 24.4 Å². The highest BCUT2D eigenvalue weighted by molar-refractivity contribution is 5.88. The first-order valence-corrected chi connectivity index (χ1v) is 8.71. The van der Waals surface area contributed by atoms with Gasteiger partial charge < -0.3 is 5.32 Å². The van der Waals surface area contributed by atoms with Crippen LogP contribution >= 0.6 is 0 Å².